The zero-order chi connectivity index (χ0) is 33.1. The summed E-state index contributed by atoms with van der Waals surface area (Å²) >= 11 is 0. The number of allylic oxidation sites excluding steroid dienone is 1. The molecule has 242 valence electrons. The van der Waals surface area contributed by atoms with Crippen LogP contribution >= 0.6 is 0 Å². The standard InChI is InChI=1S/C36H38O10/c1-8-19(2)36(39)46-32-21(4)20(3)31(45-27(37)15-14-22-12-10-9-11-13-22)24-17-26-34(44-18-43-26)35(42-7)29(24)28-23(32)16-25(40-5)33(41-6)30(28)38/h8-17,20-21,31-32,38H,18H2,1-7H3/t20-,21+,31-,32-/m1/s1. The van der Waals surface area contributed by atoms with E-state index in [0.717, 1.165) is 5.56 Å². The van der Waals surface area contributed by atoms with Gasteiger partial charge in [-0.05, 0) is 37.6 Å². The molecular formula is C36H38O10. The molecule has 1 heterocycles. The van der Waals surface area contributed by atoms with Crippen LogP contribution in [0.5, 0.6) is 34.5 Å². The molecule has 46 heavy (non-hydrogen) atoms. The lowest BCUT2D eigenvalue weighted by molar-refractivity contribution is -0.155. The minimum absolute atomic E-state index is 0.0571. The molecule has 1 aliphatic heterocycles. The van der Waals surface area contributed by atoms with Crippen LogP contribution in [-0.4, -0.2) is 45.2 Å². The zero-order valence-electron chi connectivity index (χ0n) is 26.9. The SMILES string of the molecule is CC=C(C)C(=O)O[C@H]1c2cc(OC)c(OC)c(O)c2-c2c(cc3c(c2OC)OCO3)[C@H](OC(=O)C=Cc2ccccc2)[C@H](C)[C@@H]1C. The Morgan fingerprint density at radius 1 is 0.870 bits per heavy atom. The van der Waals surface area contributed by atoms with Crippen molar-refractivity contribution in [2.24, 2.45) is 11.8 Å². The fourth-order valence-electron chi connectivity index (χ4n) is 5.87. The van der Waals surface area contributed by atoms with Gasteiger partial charge in [0.2, 0.25) is 18.3 Å². The number of phenols is 1. The van der Waals surface area contributed by atoms with Gasteiger partial charge in [-0.25, -0.2) is 9.59 Å². The summed E-state index contributed by atoms with van der Waals surface area (Å²) in [4.78, 5) is 26.7. The van der Waals surface area contributed by atoms with Gasteiger partial charge < -0.3 is 38.3 Å². The van der Waals surface area contributed by atoms with Gasteiger partial charge in [0.1, 0.15) is 12.2 Å². The van der Waals surface area contributed by atoms with Gasteiger partial charge in [0.25, 0.3) is 0 Å². The molecule has 10 nitrogen and oxygen atoms in total. The quantitative estimate of drug-likeness (QED) is 0.207. The predicted molar refractivity (Wildman–Crippen MR) is 170 cm³/mol. The highest BCUT2D eigenvalue weighted by atomic mass is 16.7. The van der Waals surface area contributed by atoms with Crippen molar-refractivity contribution >= 4 is 18.0 Å². The number of phenolic OH excluding ortho intramolecular Hbond substituents is 1. The Morgan fingerprint density at radius 2 is 1.52 bits per heavy atom. The maximum atomic E-state index is 13.4. The van der Waals surface area contributed by atoms with Crippen LogP contribution in [0.25, 0.3) is 17.2 Å². The van der Waals surface area contributed by atoms with E-state index in [0.29, 0.717) is 33.8 Å². The summed E-state index contributed by atoms with van der Waals surface area (Å²) in [5, 5.41) is 11.9. The molecule has 0 unspecified atom stereocenters. The minimum Gasteiger partial charge on any atom is -0.504 e. The number of fused-ring (bicyclic) bond motifs is 4. The van der Waals surface area contributed by atoms with Crippen LogP contribution in [0.15, 0.2) is 60.2 Å². The van der Waals surface area contributed by atoms with Crippen LogP contribution < -0.4 is 23.7 Å². The molecule has 0 amide bonds. The molecule has 0 radical (unpaired) electrons. The summed E-state index contributed by atoms with van der Waals surface area (Å²) in [5.74, 6) is -1.06. The summed E-state index contributed by atoms with van der Waals surface area (Å²) in [6, 6.07) is 12.8. The lowest BCUT2D eigenvalue weighted by Crippen LogP contribution is -2.31. The van der Waals surface area contributed by atoms with Crippen LogP contribution in [-0.2, 0) is 19.1 Å². The maximum absolute atomic E-state index is 13.4. The Morgan fingerprint density at radius 3 is 2.15 bits per heavy atom. The van der Waals surface area contributed by atoms with Gasteiger partial charge >= 0.3 is 11.9 Å². The summed E-state index contributed by atoms with van der Waals surface area (Å²) in [6.45, 7) is 7.17. The molecule has 1 N–H and O–H groups in total. The highest BCUT2D eigenvalue weighted by molar-refractivity contribution is 5.91. The van der Waals surface area contributed by atoms with Crippen molar-refractivity contribution in [3.05, 3.63) is 76.9 Å². The van der Waals surface area contributed by atoms with Crippen molar-refractivity contribution in [2.75, 3.05) is 28.1 Å². The van der Waals surface area contributed by atoms with Crippen molar-refractivity contribution in [2.45, 2.75) is 39.9 Å². The van der Waals surface area contributed by atoms with Crippen molar-refractivity contribution in [1.82, 2.24) is 0 Å². The van der Waals surface area contributed by atoms with Crippen molar-refractivity contribution < 1.29 is 47.9 Å². The molecule has 0 saturated carbocycles. The highest BCUT2D eigenvalue weighted by Gasteiger charge is 2.44. The van der Waals surface area contributed by atoms with Gasteiger partial charge in [-0.2, -0.15) is 0 Å². The molecule has 3 aromatic carbocycles. The normalized spacial score (nSPS) is 20.2. The molecule has 10 heteroatoms. The monoisotopic (exact) mass is 630 g/mol. The molecule has 3 aromatic rings. The largest absolute Gasteiger partial charge is 0.504 e. The van der Waals surface area contributed by atoms with Gasteiger partial charge in [0.15, 0.2) is 23.0 Å². The second kappa shape index (κ2) is 13.5. The summed E-state index contributed by atoms with van der Waals surface area (Å²) in [7, 11) is 4.33. The lowest BCUT2D eigenvalue weighted by Gasteiger charge is -2.38. The average Bonchev–Trinajstić information content (AvgIpc) is 3.55. The lowest BCUT2D eigenvalue weighted by atomic mass is 9.74. The van der Waals surface area contributed by atoms with Gasteiger partial charge in [0, 0.05) is 45.7 Å². The molecule has 0 aromatic heterocycles. The third kappa shape index (κ3) is 5.82. The Kier molecular flexibility index (Phi) is 9.46. The fraction of sp³-hybridized carbons (Fsp3) is 0.333. The van der Waals surface area contributed by atoms with Crippen LogP contribution in [0.1, 0.15) is 56.6 Å². The average molecular weight is 631 g/mol. The molecule has 5 rings (SSSR count). The number of rotatable bonds is 8. The molecule has 0 fully saturated rings. The first-order valence-corrected chi connectivity index (χ1v) is 14.9. The highest BCUT2D eigenvalue weighted by Crippen LogP contribution is 2.60. The number of carbonyl (C=O) groups excluding carboxylic acids is 2. The number of methoxy groups -OCH3 is 3. The van der Waals surface area contributed by atoms with E-state index in [9.17, 15) is 14.7 Å². The van der Waals surface area contributed by atoms with E-state index >= 15 is 0 Å². The van der Waals surface area contributed by atoms with Crippen molar-refractivity contribution in [3.8, 4) is 45.6 Å². The summed E-state index contributed by atoms with van der Waals surface area (Å²) < 4.78 is 41.1. The topological polar surface area (TPSA) is 119 Å². The first kappa shape index (κ1) is 32.3. The van der Waals surface area contributed by atoms with Gasteiger partial charge in [-0.15, -0.1) is 0 Å². The number of benzene rings is 3. The maximum Gasteiger partial charge on any atom is 0.333 e. The van der Waals surface area contributed by atoms with Gasteiger partial charge in [-0.1, -0.05) is 50.3 Å². The Bertz CT molecular complexity index is 1690. The second-order valence-corrected chi connectivity index (χ2v) is 11.2. The van der Waals surface area contributed by atoms with E-state index in [1.54, 1.807) is 38.1 Å². The number of hydrogen-bond acceptors (Lipinski definition) is 10. The van der Waals surface area contributed by atoms with E-state index in [1.807, 2.05) is 44.2 Å². The molecule has 2 aliphatic rings. The van der Waals surface area contributed by atoms with Crippen LogP contribution in [0, 0.1) is 11.8 Å². The first-order chi connectivity index (χ1) is 22.1. The number of aromatic hydroxyl groups is 1. The zero-order valence-corrected chi connectivity index (χ0v) is 26.9. The minimum atomic E-state index is -0.928. The molecule has 0 bridgehead atoms. The number of carbonyl (C=O) groups is 2. The first-order valence-electron chi connectivity index (χ1n) is 14.9. The Labute approximate surface area is 268 Å². The van der Waals surface area contributed by atoms with Gasteiger partial charge in [-0.3, -0.25) is 0 Å². The Balaban J connectivity index is 1.80. The van der Waals surface area contributed by atoms with E-state index in [2.05, 4.69) is 0 Å². The van der Waals surface area contributed by atoms with Crippen LogP contribution in [0.4, 0.5) is 0 Å². The van der Waals surface area contributed by atoms with Crippen molar-refractivity contribution in [1.29, 1.82) is 0 Å². The third-order valence-corrected chi connectivity index (χ3v) is 8.62. The number of ether oxygens (including phenoxy) is 7. The molecule has 0 saturated heterocycles. The third-order valence-electron chi connectivity index (χ3n) is 8.62. The van der Waals surface area contributed by atoms with Crippen LogP contribution in [0.2, 0.25) is 0 Å². The summed E-state index contributed by atoms with van der Waals surface area (Å²) in [5.41, 5.74) is 2.80. The smallest absolute Gasteiger partial charge is 0.333 e. The van der Waals surface area contributed by atoms with Crippen LogP contribution in [0.3, 0.4) is 0 Å². The molecule has 4 atom stereocenters. The van der Waals surface area contributed by atoms with E-state index in [4.69, 9.17) is 33.2 Å². The summed E-state index contributed by atoms with van der Waals surface area (Å²) in [6.07, 6.45) is 2.85. The van der Waals surface area contributed by atoms with E-state index in [-0.39, 0.29) is 35.4 Å². The number of esters is 2. The van der Waals surface area contributed by atoms with Gasteiger partial charge in [0.05, 0.1) is 21.3 Å². The van der Waals surface area contributed by atoms with E-state index < -0.39 is 36.0 Å². The fourth-order valence-corrected chi connectivity index (χ4v) is 5.87. The molecule has 0 spiro atoms. The predicted octanol–water partition coefficient (Wildman–Crippen LogP) is 6.95. The Hall–Kier alpha value is -5.12. The number of hydrogen-bond donors (Lipinski definition) is 1. The van der Waals surface area contributed by atoms with Crippen molar-refractivity contribution in [3.63, 3.8) is 0 Å². The second-order valence-electron chi connectivity index (χ2n) is 11.2. The van der Waals surface area contributed by atoms with E-state index in [1.165, 1.54) is 27.4 Å². The molecule has 1 aliphatic carbocycles. The molecular weight excluding hydrogens is 592 g/mol.